The summed E-state index contributed by atoms with van der Waals surface area (Å²) >= 11 is 0. The molecule has 2 N–H and O–H groups in total. The van der Waals surface area contributed by atoms with Crippen molar-refractivity contribution in [1.29, 1.82) is 0 Å². The number of anilines is 1. The number of aliphatic hydroxyl groups is 1. The van der Waals surface area contributed by atoms with Gasteiger partial charge in [0.2, 0.25) is 0 Å². The average molecular weight is 290 g/mol. The number of piperidine rings is 1. The van der Waals surface area contributed by atoms with E-state index in [1.54, 1.807) is 0 Å². The van der Waals surface area contributed by atoms with E-state index in [4.69, 9.17) is 0 Å². The molecule has 1 aromatic carbocycles. The van der Waals surface area contributed by atoms with Crippen molar-refractivity contribution in [2.75, 3.05) is 18.0 Å². The van der Waals surface area contributed by atoms with E-state index >= 15 is 0 Å². The molecule has 1 aliphatic heterocycles. The van der Waals surface area contributed by atoms with Crippen molar-refractivity contribution in [2.24, 2.45) is 5.92 Å². The summed E-state index contributed by atoms with van der Waals surface area (Å²) in [4.78, 5) is 2.32. The van der Waals surface area contributed by atoms with E-state index in [0.29, 0.717) is 5.92 Å². The highest BCUT2D eigenvalue weighted by Gasteiger charge is 2.25. The number of nitrogens with zero attached hydrogens (tertiary/aromatic N) is 1. The molecule has 2 unspecified atom stereocenters. The quantitative estimate of drug-likeness (QED) is 0.898. The van der Waals surface area contributed by atoms with Crippen LogP contribution in [0.5, 0.6) is 0 Å². The summed E-state index contributed by atoms with van der Waals surface area (Å²) < 4.78 is 0. The minimum absolute atomic E-state index is 0.139. The number of benzene rings is 1. The molecule has 21 heavy (non-hydrogen) atoms. The van der Waals surface area contributed by atoms with Gasteiger partial charge in [-0.3, -0.25) is 0 Å². The maximum Gasteiger partial charge on any atom is 0.0741 e. The zero-order valence-electron chi connectivity index (χ0n) is 14.1. The van der Waals surface area contributed by atoms with Gasteiger partial charge in [-0.05, 0) is 57.2 Å². The lowest BCUT2D eigenvalue weighted by Gasteiger charge is -2.36. The summed E-state index contributed by atoms with van der Waals surface area (Å²) in [6, 6.07) is 6.67. The third-order valence-corrected chi connectivity index (χ3v) is 4.34. The molecule has 0 aromatic heterocycles. The molecule has 3 heteroatoms. The molecule has 0 amide bonds. The third-order valence-electron chi connectivity index (χ3n) is 4.34. The summed E-state index contributed by atoms with van der Waals surface area (Å²) in [7, 11) is 0. The van der Waals surface area contributed by atoms with Gasteiger partial charge in [0.1, 0.15) is 0 Å². The van der Waals surface area contributed by atoms with Crippen LogP contribution in [0.1, 0.15) is 45.2 Å². The van der Waals surface area contributed by atoms with Gasteiger partial charge in [-0.1, -0.05) is 19.1 Å². The molecule has 2 rings (SSSR count). The van der Waals surface area contributed by atoms with Crippen molar-refractivity contribution in [3.8, 4) is 0 Å². The zero-order chi connectivity index (χ0) is 15.6. The van der Waals surface area contributed by atoms with Crippen LogP contribution in [0.2, 0.25) is 0 Å². The van der Waals surface area contributed by atoms with Gasteiger partial charge >= 0.3 is 0 Å². The van der Waals surface area contributed by atoms with Gasteiger partial charge in [-0.2, -0.15) is 0 Å². The maximum atomic E-state index is 10.1. The van der Waals surface area contributed by atoms with E-state index in [1.165, 1.54) is 16.8 Å². The molecule has 1 heterocycles. The number of aryl methyl sites for hydroxylation is 1. The van der Waals surface area contributed by atoms with Gasteiger partial charge in [0.25, 0.3) is 0 Å². The maximum absolute atomic E-state index is 10.1. The van der Waals surface area contributed by atoms with Crippen LogP contribution in [-0.4, -0.2) is 29.8 Å². The summed E-state index contributed by atoms with van der Waals surface area (Å²) in [6.07, 6.45) is 0.855. The first kappa shape index (κ1) is 16.3. The Bertz CT molecular complexity index is 479. The predicted molar refractivity (Wildman–Crippen MR) is 89.8 cm³/mol. The first-order chi connectivity index (χ1) is 9.76. The Balaban J connectivity index is 2.05. The summed E-state index contributed by atoms with van der Waals surface area (Å²) in [5, 5.41) is 13.6. The van der Waals surface area contributed by atoms with Crippen LogP contribution in [0.4, 0.5) is 5.69 Å². The molecule has 3 nitrogen and oxygen atoms in total. The van der Waals surface area contributed by atoms with Gasteiger partial charge in [0.15, 0.2) is 0 Å². The second-order valence-corrected chi connectivity index (χ2v) is 7.50. The largest absolute Gasteiger partial charge is 0.391 e. The summed E-state index contributed by atoms with van der Waals surface area (Å²) in [6.45, 7) is 13.5. The second-order valence-electron chi connectivity index (χ2n) is 7.50. The fourth-order valence-corrected chi connectivity index (χ4v) is 2.82. The van der Waals surface area contributed by atoms with E-state index in [2.05, 4.69) is 63.0 Å². The zero-order valence-corrected chi connectivity index (χ0v) is 14.1. The van der Waals surface area contributed by atoms with E-state index in [-0.39, 0.29) is 11.6 Å². The van der Waals surface area contributed by atoms with Crippen LogP contribution in [0.3, 0.4) is 0 Å². The van der Waals surface area contributed by atoms with Crippen LogP contribution in [0, 0.1) is 12.8 Å². The van der Waals surface area contributed by atoms with Crippen molar-refractivity contribution in [2.45, 2.75) is 59.2 Å². The van der Waals surface area contributed by atoms with Crippen LogP contribution < -0.4 is 10.2 Å². The molecule has 0 spiro atoms. The van der Waals surface area contributed by atoms with E-state index in [1.807, 2.05) is 0 Å². The Morgan fingerprint density at radius 3 is 2.62 bits per heavy atom. The molecule has 0 saturated carbocycles. The van der Waals surface area contributed by atoms with Crippen LogP contribution in [0.15, 0.2) is 18.2 Å². The van der Waals surface area contributed by atoms with Crippen molar-refractivity contribution in [3.63, 3.8) is 0 Å². The van der Waals surface area contributed by atoms with E-state index in [9.17, 15) is 5.11 Å². The van der Waals surface area contributed by atoms with Crippen molar-refractivity contribution in [3.05, 3.63) is 29.3 Å². The smallest absolute Gasteiger partial charge is 0.0741 e. The van der Waals surface area contributed by atoms with Crippen LogP contribution in [0.25, 0.3) is 0 Å². The Morgan fingerprint density at radius 1 is 1.33 bits per heavy atom. The summed E-state index contributed by atoms with van der Waals surface area (Å²) in [5.41, 5.74) is 4.02. The molecule has 1 fully saturated rings. The van der Waals surface area contributed by atoms with Crippen LogP contribution in [-0.2, 0) is 6.54 Å². The van der Waals surface area contributed by atoms with Gasteiger partial charge < -0.3 is 15.3 Å². The lowest BCUT2D eigenvalue weighted by atomic mass is 9.95. The Labute approximate surface area is 129 Å². The molecular formula is C18H30N2O. The molecule has 0 aliphatic carbocycles. The van der Waals surface area contributed by atoms with Gasteiger partial charge in [0.05, 0.1) is 6.10 Å². The molecular weight excluding hydrogens is 260 g/mol. The first-order valence-corrected chi connectivity index (χ1v) is 8.04. The predicted octanol–water partition coefficient (Wildman–Crippen LogP) is 3.09. The minimum Gasteiger partial charge on any atom is -0.391 e. The minimum atomic E-state index is -0.208. The Kier molecular flexibility index (Phi) is 4.95. The Hall–Kier alpha value is -1.06. The average Bonchev–Trinajstić information content (AvgIpc) is 2.39. The van der Waals surface area contributed by atoms with E-state index in [0.717, 1.165) is 26.1 Å². The molecule has 118 valence electrons. The molecule has 1 aliphatic rings. The van der Waals surface area contributed by atoms with Crippen molar-refractivity contribution < 1.29 is 5.11 Å². The second kappa shape index (κ2) is 6.37. The summed E-state index contributed by atoms with van der Waals surface area (Å²) in [5.74, 6) is 0.414. The molecule has 2 atom stereocenters. The van der Waals surface area contributed by atoms with Gasteiger partial charge in [-0.25, -0.2) is 0 Å². The fraction of sp³-hybridized carbons (Fsp3) is 0.667. The number of nitrogens with one attached hydrogen (secondary N) is 1. The molecule has 1 saturated heterocycles. The third kappa shape index (κ3) is 4.45. The van der Waals surface area contributed by atoms with E-state index < -0.39 is 0 Å². The first-order valence-electron chi connectivity index (χ1n) is 8.04. The fourth-order valence-electron chi connectivity index (χ4n) is 2.82. The highest BCUT2D eigenvalue weighted by atomic mass is 16.3. The standard InChI is InChI=1S/C18H30N2O/c1-13-8-9-20(12-17(13)21)16-7-6-15(10-14(16)2)11-19-18(3,4)5/h6-7,10,13,17,19,21H,8-9,11-12H2,1-5H3. The monoisotopic (exact) mass is 290 g/mol. The molecule has 0 bridgehead atoms. The lowest BCUT2D eigenvalue weighted by molar-refractivity contribution is 0.103. The number of aliphatic hydroxyl groups excluding tert-OH is 1. The molecule has 1 aromatic rings. The number of hydrogen-bond donors (Lipinski definition) is 2. The highest BCUT2D eigenvalue weighted by molar-refractivity contribution is 5.55. The SMILES string of the molecule is Cc1cc(CNC(C)(C)C)ccc1N1CCC(C)C(O)C1. The molecule has 0 radical (unpaired) electrons. The number of rotatable bonds is 3. The Morgan fingerprint density at radius 2 is 2.05 bits per heavy atom. The lowest BCUT2D eigenvalue weighted by Crippen LogP contribution is -2.43. The van der Waals surface area contributed by atoms with Gasteiger partial charge in [-0.15, -0.1) is 0 Å². The van der Waals surface area contributed by atoms with Crippen LogP contribution >= 0.6 is 0 Å². The number of β-amino-alcohol motifs (C(OH)–C–C–N with tert-alkyl or cyclic N) is 1. The topological polar surface area (TPSA) is 35.5 Å². The van der Waals surface area contributed by atoms with Gasteiger partial charge in [0, 0.05) is 30.9 Å². The highest BCUT2D eigenvalue weighted by Crippen LogP contribution is 2.27. The number of hydrogen-bond acceptors (Lipinski definition) is 3. The van der Waals surface area contributed by atoms with Crippen molar-refractivity contribution >= 4 is 5.69 Å². The van der Waals surface area contributed by atoms with Crippen molar-refractivity contribution in [1.82, 2.24) is 5.32 Å². The normalized spacial score (nSPS) is 23.4.